The number of amides is 1. The van der Waals surface area contributed by atoms with Crippen molar-refractivity contribution >= 4 is 51.3 Å². The number of sulfonamides is 1. The molecule has 0 bridgehead atoms. The lowest BCUT2D eigenvalue weighted by molar-refractivity contribution is -0.120. The van der Waals surface area contributed by atoms with Crippen LogP contribution in [0, 0.1) is 6.92 Å². The van der Waals surface area contributed by atoms with E-state index >= 15 is 0 Å². The summed E-state index contributed by atoms with van der Waals surface area (Å²) < 4.78 is 39.4. The van der Waals surface area contributed by atoms with Gasteiger partial charge in [-0.3, -0.25) is 9.52 Å². The molecule has 11 heteroatoms. The van der Waals surface area contributed by atoms with Crippen LogP contribution in [0.4, 0.5) is 11.4 Å². The monoisotopic (exact) mass is 513 g/mol. The number of halogens is 2. The highest BCUT2D eigenvalue weighted by Gasteiger charge is 2.24. The van der Waals surface area contributed by atoms with E-state index in [0.717, 1.165) is 5.76 Å². The van der Waals surface area contributed by atoms with E-state index < -0.39 is 21.5 Å². The van der Waals surface area contributed by atoms with E-state index in [-0.39, 0.29) is 33.8 Å². The second-order valence-electron chi connectivity index (χ2n) is 7.75. The van der Waals surface area contributed by atoms with Crippen molar-refractivity contribution in [3.63, 3.8) is 0 Å². The second-order valence-corrected chi connectivity index (χ2v) is 9.81. The zero-order valence-electron chi connectivity index (χ0n) is 18.4. The standard InChI is InChI=1S/C22H24ClN3O5S.ClH/c1-13-5-8-18(31-13)14-6-10-20(16(23)11-14)32(28,29)26-17-12-15(7-9-19(17)30-4)25-21(27)22(2,3)24;/h5-12,26H,24H2,1-4H3,(H,25,27);1H. The minimum atomic E-state index is -4.07. The van der Waals surface area contributed by atoms with Gasteiger partial charge in [0, 0.05) is 11.3 Å². The highest BCUT2D eigenvalue weighted by Crippen LogP contribution is 2.33. The van der Waals surface area contributed by atoms with Gasteiger partial charge in [-0.25, -0.2) is 8.42 Å². The van der Waals surface area contributed by atoms with Gasteiger partial charge in [-0.2, -0.15) is 0 Å². The molecule has 0 fully saturated rings. The molecule has 0 saturated carbocycles. The Bertz CT molecular complexity index is 1270. The molecule has 0 aliphatic carbocycles. The number of hydrogen-bond donors (Lipinski definition) is 3. The van der Waals surface area contributed by atoms with E-state index in [9.17, 15) is 13.2 Å². The Morgan fingerprint density at radius 1 is 1.12 bits per heavy atom. The Labute approximate surface area is 203 Å². The summed E-state index contributed by atoms with van der Waals surface area (Å²) in [5.74, 6) is 1.14. The van der Waals surface area contributed by atoms with E-state index in [4.69, 9.17) is 26.5 Å². The van der Waals surface area contributed by atoms with Crippen LogP contribution in [0.1, 0.15) is 19.6 Å². The summed E-state index contributed by atoms with van der Waals surface area (Å²) >= 11 is 6.30. The van der Waals surface area contributed by atoms with E-state index in [1.54, 1.807) is 38.1 Å². The minimum absolute atomic E-state index is 0. The van der Waals surface area contributed by atoms with Gasteiger partial charge in [-0.15, -0.1) is 12.4 Å². The molecule has 8 nitrogen and oxygen atoms in total. The normalized spacial score (nSPS) is 11.5. The van der Waals surface area contributed by atoms with Crippen molar-refractivity contribution in [2.75, 3.05) is 17.1 Å². The average Bonchev–Trinajstić information content (AvgIpc) is 3.13. The Kier molecular flexibility index (Phi) is 8.08. The molecule has 0 aliphatic heterocycles. The fourth-order valence-corrected chi connectivity index (χ4v) is 4.43. The summed E-state index contributed by atoms with van der Waals surface area (Å²) in [6.45, 7) is 4.93. The first-order valence-corrected chi connectivity index (χ1v) is 11.4. The van der Waals surface area contributed by atoms with Crippen LogP contribution in [0.2, 0.25) is 5.02 Å². The molecule has 178 valence electrons. The number of nitrogens with one attached hydrogen (secondary N) is 2. The number of nitrogens with two attached hydrogens (primary N) is 1. The Hall–Kier alpha value is -2.72. The minimum Gasteiger partial charge on any atom is -0.495 e. The third-order valence-electron chi connectivity index (χ3n) is 4.53. The van der Waals surface area contributed by atoms with Crippen LogP contribution < -0.4 is 20.5 Å². The topological polar surface area (TPSA) is 124 Å². The number of furan rings is 1. The van der Waals surface area contributed by atoms with Crippen molar-refractivity contribution in [3.8, 4) is 17.1 Å². The number of aryl methyl sites for hydroxylation is 1. The number of hydrogen-bond acceptors (Lipinski definition) is 6. The molecule has 33 heavy (non-hydrogen) atoms. The Morgan fingerprint density at radius 3 is 2.36 bits per heavy atom. The van der Waals surface area contributed by atoms with E-state index in [0.29, 0.717) is 17.0 Å². The van der Waals surface area contributed by atoms with Crippen LogP contribution in [0.3, 0.4) is 0 Å². The third kappa shape index (κ3) is 6.20. The van der Waals surface area contributed by atoms with Crippen LogP contribution in [0.25, 0.3) is 11.3 Å². The number of carbonyl (C=O) groups is 1. The van der Waals surface area contributed by atoms with Crippen molar-refractivity contribution in [3.05, 3.63) is 59.3 Å². The molecule has 0 aliphatic rings. The number of benzene rings is 2. The lowest BCUT2D eigenvalue weighted by atomic mass is 10.1. The van der Waals surface area contributed by atoms with Crippen molar-refractivity contribution in [1.82, 2.24) is 0 Å². The van der Waals surface area contributed by atoms with Gasteiger partial charge in [0.1, 0.15) is 22.2 Å². The number of anilines is 2. The lowest BCUT2D eigenvalue weighted by Crippen LogP contribution is -2.45. The summed E-state index contributed by atoms with van der Waals surface area (Å²) in [6, 6.07) is 12.6. The van der Waals surface area contributed by atoms with Crippen molar-refractivity contribution < 1.29 is 22.4 Å². The molecule has 4 N–H and O–H groups in total. The van der Waals surface area contributed by atoms with Crippen LogP contribution in [-0.4, -0.2) is 27.0 Å². The maximum absolute atomic E-state index is 13.1. The Morgan fingerprint density at radius 2 is 1.82 bits per heavy atom. The van der Waals surface area contributed by atoms with E-state index in [1.165, 1.54) is 31.4 Å². The Balaban J connectivity index is 0.00000385. The first kappa shape index (κ1) is 26.5. The number of rotatable bonds is 7. The largest absolute Gasteiger partial charge is 0.495 e. The van der Waals surface area contributed by atoms with Gasteiger partial charge in [0.2, 0.25) is 5.91 Å². The fraction of sp³-hybridized carbons (Fsp3) is 0.227. The molecule has 3 aromatic rings. The highest BCUT2D eigenvalue weighted by atomic mass is 35.5. The second kappa shape index (κ2) is 10.0. The summed E-state index contributed by atoms with van der Waals surface area (Å²) in [5.41, 5.74) is 5.81. The van der Waals surface area contributed by atoms with Crippen LogP contribution in [0.15, 0.2) is 57.8 Å². The molecule has 0 saturated heterocycles. The zero-order valence-corrected chi connectivity index (χ0v) is 20.8. The molecule has 1 heterocycles. The molecular formula is C22H25Cl2N3O5S. The zero-order chi connectivity index (χ0) is 23.7. The van der Waals surface area contributed by atoms with Crippen LogP contribution in [0.5, 0.6) is 5.75 Å². The van der Waals surface area contributed by atoms with Gasteiger partial charge in [0.15, 0.2) is 0 Å². The molecule has 0 atom stereocenters. The highest BCUT2D eigenvalue weighted by molar-refractivity contribution is 7.92. The predicted molar refractivity (Wildman–Crippen MR) is 132 cm³/mol. The molecule has 1 aromatic heterocycles. The van der Waals surface area contributed by atoms with E-state index in [2.05, 4.69) is 10.0 Å². The fourth-order valence-electron chi connectivity index (χ4n) is 2.82. The SMILES string of the molecule is COc1ccc(NC(=O)C(C)(C)N)cc1NS(=O)(=O)c1ccc(-c2ccc(C)o2)cc1Cl.Cl. The van der Waals surface area contributed by atoms with Gasteiger partial charge in [-0.1, -0.05) is 11.6 Å². The van der Waals surface area contributed by atoms with Gasteiger partial charge in [0.25, 0.3) is 10.0 Å². The molecule has 0 spiro atoms. The maximum atomic E-state index is 13.1. The number of carbonyl (C=O) groups excluding carboxylic acids is 1. The van der Waals surface area contributed by atoms with Gasteiger partial charge in [0.05, 0.1) is 23.4 Å². The van der Waals surface area contributed by atoms with Gasteiger partial charge < -0.3 is 20.2 Å². The summed E-state index contributed by atoms with van der Waals surface area (Å²) in [4.78, 5) is 12.1. The maximum Gasteiger partial charge on any atom is 0.263 e. The van der Waals surface area contributed by atoms with Crippen molar-refractivity contribution in [2.45, 2.75) is 31.2 Å². The van der Waals surface area contributed by atoms with Gasteiger partial charge in [-0.05, 0) is 69.3 Å². The molecule has 2 aromatic carbocycles. The van der Waals surface area contributed by atoms with E-state index in [1.807, 2.05) is 6.92 Å². The third-order valence-corrected chi connectivity index (χ3v) is 6.38. The molecule has 3 rings (SSSR count). The first-order chi connectivity index (χ1) is 14.9. The lowest BCUT2D eigenvalue weighted by Gasteiger charge is -2.19. The molecule has 0 radical (unpaired) electrons. The average molecular weight is 514 g/mol. The molecular weight excluding hydrogens is 489 g/mol. The van der Waals surface area contributed by atoms with Crippen LogP contribution in [-0.2, 0) is 14.8 Å². The van der Waals surface area contributed by atoms with Crippen LogP contribution >= 0.6 is 24.0 Å². The molecule has 1 amide bonds. The summed E-state index contributed by atoms with van der Waals surface area (Å²) in [5, 5.41) is 2.67. The van der Waals surface area contributed by atoms with Crippen molar-refractivity contribution in [2.24, 2.45) is 5.73 Å². The predicted octanol–water partition coefficient (Wildman–Crippen LogP) is 4.82. The number of ether oxygens (including phenoxy) is 1. The molecule has 0 unspecified atom stereocenters. The van der Waals surface area contributed by atoms with Gasteiger partial charge >= 0.3 is 0 Å². The first-order valence-electron chi connectivity index (χ1n) is 9.58. The smallest absolute Gasteiger partial charge is 0.263 e. The number of methoxy groups -OCH3 is 1. The summed E-state index contributed by atoms with van der Waals surface area (Å²) in [7, 11) is -2.67. The van der Waals surface area contributed by atoms with Crippen molar-refractivity contribution in [1.29, 1.82) is 0 Å². The summed E-state index contributed by atoms with van der Waals surface area (Å²) in [6.07, 6.45) is 0. The quantitative estimate of drug-likeness (QED) is 0.416.